The molecule has 1 unspecified atom stereocenters. The SMILES string of the molecule is CCCC(=O)N([C@H]1C(O)O[C@H](CO)[C@@H](O)[C@@H]1O)[P+](O)(O)O. The van der Waals surface area contributed by atoms with E-state index in [0.717, 1.165) is 0 Å². The van der Waals surface area contributed by atoms with Crippen molar-refractivity contribution in [2.45, 2.75) is 50.4 Å². The van der Waals surface area contributed by atoms with Crippen LogP contribution in [0, 0.1) is 0 Å². The van der Waals surface area contributed by atoms with E-state index in [-0.39, 0.29) is 11.1 Å². The zero-order valence-electron chi connectivity index (χ0n) is 11.3. The van der Waals surface area contributed by atoms with Crippen LogP contribution in [0.4, 0.5) is 0 Å². The summed E-state index contributed by atoms with van der Waals surface area (Å²) in [6, 6.07) is -1.78. The molecule has 1 saturated heterocycles. The van der Waals surface area contributed by atoms with E-state index in [1.807, 2.05) is 0 Å². The van der Waals surface area contributed by atoms with Crippen LogP contribution in [-0.2, 0) is 9.53 Å². The monoisotopic (exact) mass is 330 g/mol. The summed E-state index contributed by atoms with van der Waals surface area (Å²) in [5.41, 5.74) is 0. The van der Waals surface area contributed by atoms with Gasteiger partial charge >= 0.3 is 8.09 Å². The van der Waals surface area contributed by atoms with Gasteiger partial charge in [-0.2, -0.15) is 14.7 Å². The maximum atomic E-state index is 11.9. The minimum Gasteiger partial charge on any atom is -0.394 e. The fraction of sp³-hybridized carbons (Fsp3) is 0.900. The van der Waals surface area contributed by atoms with Crippen molar-refractivity contribution in [1.29, 1.82) is 0 Å². The molecule has 124 valence electrons. The van der Waals surface area contributed by atoms with Crippen LogP contribution in [0.1, 0.15) is 19.8 Å². The highest BCUT2D eigenvalue weighted by Gasteiger charge is 2.58. The van der Waals surface area contributed by atoms with Crippen LogP contribution in [0.2, 0.25) is 0 Å². The maximum absolute atomic E-state index is 11.9. The van der Waals surface area contributed by atoms with Gasteiger partial charge < -0.3 is 25.2 Å². The van der Waals surface area contributed by atoms with Gasteiger partial charge in [0.05, 0.1) is 6.61 Å². The van der Waals surface area contributed by atoms with Crippen LogP contribution >= 0.6 is 8.09 Å². The molecule has 7 N–H and O–H groups in total. The quantitative estimate of drug-likeness (QED) is 0.261. The van der Waals surface area contributed by atoms with Gasteiger partial charge in [-0.3, -0.25) is 4.79 Å². The van der Waals surface area contributed by atoms with Crippen molar-refractivity contribution in [2.75, 3.05) is 6.61 Å². The van der Waals surface area contributed by atoms with Gasteiger partial charge in [-0.15, -0.1) is 4.67 Å². The molecule has 0 radical (unpaired) electrons. The summed E-state index contributed by atoms with van der Waals surface area (Å²) < 4.78 is 4.96. The molecule has 0 aromatic carbocycles. The van der Waals surface area contributed by atoms with Crippen LogP contribution in [0.25, 0.3) is 0 Å². The summed E-state index contributed by atoms with van der Waals surface area (Å²) in [4.78, 5) is 40.1. The average Bonchev–Trinajstić information content (AvgIpc) is 2.37. The zero-order valence-corrected chi connectivity index (χ0v) is 12.2. The van der Waals surface area contributed by atoms with Crippen molar-refractivity contribution >= 4 is 14.0 Å². The Hall–Kier alpha value is -0.420. The summed E-state index contributed by atoms with van der Waals surface area (Å²) in [5.74, 6) is -0.931. The molecule has 1 heterocycles. The lowest BCUT2D eigenvalue weighted by atomic mass is 9.97. The van der Waals surface area contributed by atoms with Gasteiger partial charge in [0.1, 0.15) is 18.3 Å². The lowest BCUT2D eigenvalue weighted by molar-refractivity contribution is -0.265. The molecule has 0 bridgehead atoms. The number of nitrogens with zero attached hydrogens (tertiary/aromatic N) is 1. The van der Waals surface area contributed by atoms with Gasteiger partial charge in [0, 0.05) is 6.42 Å². The van der Waals surface area contributed by atoms with E-state index in [1.165, 1.54) is 0 Å². The van der Waals surface area contributed by atoms with Gasteiger partial charge in [-0.25, -0.2) is 0 Å². The van der Waals surface area contributed by atoms with E-state index < -0.39 is 51.3 Å². The maximum Gasteiger partial charge on any atom is 0.526 e. The molecule has 1 amide bonds. The molecular formula is C10H21NO9P+. The Balaban J connectivity index is 3.09. The van der Waals surface area contributed by atoms with Crippen molar-refractivity contribution in [2.24, 2.45) is 0 Å². The molecule has 1 aliphatic heterocycles. The molecule has 1 rings (SSSR count). The van der Waals surface area contributed by atoms with Crippen LogP contribution < -0.4 is 0 Å². The molecule has 1 fully saturated rings. The van der Waals surface area contributed by atoms with Gasteiger partial charge in [0.25, 0.3) is 5.91 Å². The molecule has 0 spiro atoms. The molecule has 5 atom stereocenters. The first-order valence-electron chi connectivity index (χ1n) is 6.35. The second-order valence-electron chi connectivity index (χ2n) is 4.74. The van der Waals surface area contributed by atoms with E-state index in [4.69, 9.17) is 9.84 Å². The normalized spacial score (nSPS) is 33.8. The minimum atomic E-state index is -4.90. The topological polar surface area (TPSA) is 171 Å². The Bertz CT molecular complexity index is 363. The van der Waals surface area contributed by atoms with Crippen molar-refractivity contribution in [3.8, 4) is 0 Å². The number of carbonyl (C=O) groups excluding carboxylic acids is 1. The first-order chi connectivity index (χ1) is 9.65. The van der Waals surface area contributed by atoms with E-state index in [2.05, 4.69) is 0 Å². The molecule has 0 aliphatic carbocycles. The van der Waals surface area contributed by atoms with Crippen LogP contribution in [-0.4, -0.2) is 82.9 Å². The lowest BCUT2D eigenvalue weighted by Crippen LogP contribution is -2.64. The van der Waals surface area contributed by atoms with Crippen LogP contribution in [0.3, 0.4) is 0 Å². The Labute approximate surface area is 121 Å². The van der Waals surface area contributed by atoms with Gasteiger partial charge in [0.15, 0.2) is 12.3 Å². The number of hydrogen-bond donors (Lipinski definition) is 7. The first-order valence-corrected chi connectivity index (χ1v) is 7.95. The van der Waals surface area contributed by atoms with Crippen LogP contribution in [0.5, 0.6) is 0 Å². The van der Waals surface area contributed by atoms with Gasteiger partial charge in [-0.05, 0) is 6.42 Å². The summed E-state index contributed by atoms with van der Waals surface area (Å²) in [6.07, 6.45) is -6.63. The number of hydrogen-bond acceptors (Lipinski definition) is 9. The summed E-state index contributed by atoms with van der Waals surface area (Å²) in [6.45, 7) is 0.922. The first kappa shape index (κ1) is 18.6. The third-order valence-corrected chi connectivity index (χ3v) is 4.23. The fourth-order valence-electron chi connectivity index (χ4n) is 2.17. The molecule has 0 aromatic heterocycles. The smallest absolute Gasteiger partial charge is 0.394 e. The highest BCUT2D eigenvalue weighted by molar-refractivity contribution is 7.56. The second-order valence-corrected chi connectivity index (χ2v) is 6.25. The number of carbonyl (C=O) groups is 1. The lowest BCUT2D eigenvalue weighted by Gasteiger charge is -2.42. The average molecular weight is 330 g/mol. The third kappa shape index (κ3) is 4.07. The van der Waals surface area contributed by atoms with Crippen LogP contribution in [0.15, 0.2) is 0 Å². The molecule has 11 heteroatoms. The van der Waals surface area contributed by atoms with Gasteiger partial charge in [0.2, 0.25) is 0 Å². The predicted octanol–water partition coefficient (Wildman–Crippen LogP) is -2.93. The number of aliphatic hydroxyl groups excluding tert-OH is 4. The second kappa shape index (κ2) is 7.23. The molecule has 21 heavy (non-hydrogen) atoms. The van der Waals surface area contributed by atoms with E-state index in [1.54, 1.807) is 6.92 Å². The Morgan fingerprint density at radius 2 is 1.76 bits per heavy atom. The molecular weight excluding hydrogens is 309 g/mol. The highest BCUT2D eigenvalue weighted by atomic mass is 31.2. The Morgan fingerprint density at radius 3 is 2.19 bits per heavy atom. The summed E-state index contributed by atoms with van der Waals surface area (Å²) in [7, 11) is -4.90. The predicted molar refractivity (Wildman–Crippen MR) is 69.1 cm³/mol. The molecule has 0 aromatic rings. The summed E-state index contributed by atoms with van der Waals surface area (Å²) >= 11 is 0. The largest absolute Gasteiger partial charge is 0.526 e. The third-order valence-electron chi connectivity index (χ3n) is 3.16. The van der Waals surface area contributed by atoms with Crippen molar-refractivity contribution in [1.82, 2.24) is 4.67 Å². The van der Waals surface area contributed by atoms with Gasteiger partial charge in [-0.1, -0.05) is 6.92 Å². The number of ether oxygens (including phenoxy) is 1. The van der Waals surface area contributed by atoms with E-state index >= 15 is 0 Å². The minimum absolute atomic E-state index is 0.142. The zero-order chi connectivity index (χ0) is 16.4. The number of aliphatic hydroxyl groups is 4. The summed E-state index contributed by atoms with van der Waals surface area (Å²) in [5, 5.41) is 38.4. The molecule has 0 saturated carbocycles. The number of rotatable bonds is 5. The van der Waals surface area contributed by atoms with Crippen molar-refractivity contribution in [3.63, 3.8) is 0 Å². The highest BCUT2D eigenvalue weighted by Crippen LogP contribution is 2.52. The molecule has 1 aliphatic rings. The van der Waals surface area contributed by atoms with E-state index in [9.17, 15) is 34.8 Å². The molecule has 10 nitrogen and oxygen atoms in total. The van der Waals surface area contributed by atoms with E-state index in [0.29, 0.717) is 6.42 Å². The van der Waals surface area contributed by atoms with Crippen molar-refractivity contribution < 1.29 is 44.6 Å². The Morgan fingerprint density at radius 1 is 1.19 bits per heavy atom. The number of amides is 1. The fourth-order valence-corrected chi connectivity index (χ4v) is 3.18. The standard InChI is InChI=1S/C10H21NO9P/c1-2-3-6(13)11(21(17,18)19)7-9(15)8(14)5(4-12)20-10(7)16/h5,7-10,12,14-19H,2-4H2,1H3/q+1/t5-,7-,8-,9-,10?/m1/s1. The Kier molecular flexibility index (Phi) is 6.41. The van der Waals surface area contributed by atoms with Crippen molar-refractivity contribution in [3.05, 3.63) is 0 Å².